The van der Waals surface area contributed by atoms with Crippen molar-refractivity contribution in [3.63, 3.8) is 0 Å². The Morgan fingerprint density at radius 2 is 1.80 bits per heavy atom. The zero-order chi connectivity index (χ0) is 21.1. The van der Waals surface area contributed by atoms with Gasteiger partial charge in [-0.1, -0.05) is 30.3 Å². The molecule has 1 amide bonds. The van der Waals surface area contributed by atoms with Crippen LogP contribution in [0.5, 0.6) is 5.75 Å². The Morgan fingerprint density at radius 3 is 2.47 bits per heavy atom. The number of ether oxygens (including phenoxy) is 2. The Bertz CT molecular complexity index is 1180. The fourth-order valence-corrected chi connectivity index (χ4v) is 3.37. The Balaban J connectivity index is 1.74. The maximum atomic E-state index is 12.9. The monoisotopic (exact) mass is 402 g/mol. The molecule has 0 saturated heterocycles. The summed E-state index contributed by atoms with van der Waals surface area (Å²) in [5, 5.41) is 7.58. The first-order chi connectivity index (χ1) is 14.6. The molecule has 2 heterocycles. The molecule has 0 radical (unpaired) electrons. The Morgan fingerprint density at radius 1 is 1.07 bits per heavy atom. The molecule has 30 heavy (non-hydrogen) atoms. The molecule has 0 saturated carbocycles. The van der Waals surface area contributed by atoms with Crippen LogP contribution in [0.25, 0.3) is 16.8 Å². The molecular weight excluding hydrogens is 380 g/mol. The molecule has 152 valence electrons. The van der Waals surface area contributed by atoms with Gasteiger partial charge in [-0.05, 0) is 36.8 Å². The molecule has 2 aromatic heterocycles. The van der Waals surface area contributed by atoms with Gasteiger partial charge in [0, 0.05) is 19.0 Å². The number of nitrogens with one attached hydrogen (secondary N) is 1. The largest absolute Gasteiger partial charge is 0.497 e. The van der Waals surface area contributed by atoms with E-state index in [2.05, 4.69) is 15.4 Å². The first-order valence-electron chi connectivity index (χ1n) is 9.49. The number of anilines is 1. The van der Waals surface area contributed by atoms with Gasteiger partial charge in [-0.15, -0.1) is 0 Å². The summed E-state index contributed by atoms with van der Waals surface area (Å²) in [6.45, 7) is 2.20. The van der Waals surface area contributed by atoms with E-state index in [1.165, 1.54) is 0 Å². The second kappa shape index (κ2) is 8.34. The van der Waals surface area contributed by atoms with Crippen LogP contribution in [0.3, 0.4) is 0 Å². The van der Waals surface area contributed by atoms with E-state index in [0.717, 1.165) is 22.6 Å². The number of hydrogen-bond acceptors (Lipinski definition) is 5. The summed E-state index contributed by atoms with van der Waals surface area (Å²) in [5.74, 6) is 0.472. The molecule has 7 nitrogen and oxygen atoms in total. The zero-order valence-electron chi connectivity index (χ0n) is 17.0. The van der Waals surface area contributed by atoms with Crippen molar-refractivity contribution in [3.8, 4) is 16.9 Å². The number of hydrogen-bond donors (Lipinski definition) is 1. The van der Waals surface area contributed by atoms with Crippen molar-refractivity contribution in [2.45, 2.75) is 13.5 Å². The Hall–Kier alpha value is -3.71. The van der Waals surface area contributed by atoms with Crippen molar-refractivity contribution in [2.75, 3.05) is 19.5 Å². The zero-order valence-corrected chi connectivity index (χ0v) is 17.0. The van der Waals surface area contributed by atoms with E-state index in [9.17, 15) is 4.79 Å². The van der Waals surface area contributed by atoms with Gasteiger partial charge >= 0.3 is 0 Å². The molecule has 7 heteroatoms. The van der Waals surface area contributed by atoms with Crippen molar-refractivity contribution in [2.24, 2.45) is 0 Å². The predicted molar refractivity (Wildman–Crippen MR) is 115 cm³/mol. The standard InChI is InChI=1S/C23H22N4O3/c1-15-19(23(28)25-17-9-11-18(30-3)12-10-17)13-24-22-21(16-7-5-4-6-8-16)20(14-29-2)26-27(15)22/h4-13H,14H2,1-3H3,(H,25,28). The molecule has 4 rings (SSSR count). The number of nitrogens with zero attached hydrogens (tertiary/aromatic N) is 3. The minimum atomic E-state index is -0.253. The number of carbonyl (C=O) groups excluding carboxylic acids is 1. The lowest BCUT2D eigenvalue weighted by atomic mass is 10.1. The predicted octanol–water partition coefficient (Wildman–Crippen LogP) is 4.11. The van der Waals surface area contributed by atoms with Crippen LogP contribution >= 0.6 is 0 Å². The van der Waals surface area contributed by atoms with Crippen LogP contribution in [-0.4, -0.2) is 34.7 Å². The van der Waals surface area contributed by atoms with Gasteiger partial charge in [-0.3, -0.25) is 4.79 Å². The van der Waals surface area contributed by atoms with Gasteiger partial charge in [0.1, 0.15) is 5.75 Å². The van der Waals surface area contributed by atoms with Crippen LogP contribution in [0.4, 0.5) is 5.69 Å². The first-order valence-corrected chi connectivity index (χ1v) is 9.49. The summed E-state index contributed by atoms with van der Waals surface area (Å²) in [4.78, 5) is 17.4. The van der Waals surface area contributed by atoms with E-state index >= 15 is 0 Å². The molecule has 0 spiro atoms. The number of aromatic nitrogens is 3. The van der Waals surface area contributed by atoms with E-state index in [1.54, 1.807) is 49.2 Å². The number of amides is 1. The number of methoxy groups -OCH3 is 2. The lowest BCUT2D eigenvalue weighted by Gasteiger charge is -2.09. The van der Waals surface area contributed by atoms with Gasteiger partial charge in [0.25, 0.3) is 5.91 Å². The normalized spacial score (nSPS) is 10.9. The van der Waals surface area contributed by atoms with Crippen LogP contribution in [0.15, 0.2) is 60.8 Å². The van der Waals surface area contributed by atoms with E-state index in [0.29, 0.717) is 29.2 Å². The molecule has 4 aromatic rings. The van der Waals surface area contributed by atoms with Gasteiger partial charge in [-0.25, -0.2) is 9.50 Å². The van der Waals surface area contributed by atoms with Gasteiger partial charge in [0.15, 0.2) is 5.65 Å². The molecule has 0 aliphatic carbocycles. The molecule has 0 bridgehead atoms. The number of rotatable bonds is 6. The van der Waals surface area contributed by atoms with E-state index in [-0.39, 0.29) is 5.91 Å². The molecule has 1 N–H and O–H groups in total. The van der Waals surface area contributed by atoms with Crippen LogP contribution in [0.2, 0.25) is 0 Å². The van der Waals surface area contributed by atoms with Gasteiger partial charge < -0.3 is 14.8 Å². The van der Waals surface area contributed by atoms with Crippen LogP contribution < -0.4 is 10.1 Å². The maximum absolute atomic E-state index is 12.9. The van der Waals surface area contributed by atoms with Crippen molar-refractivity contribution in [1.82, 2.24) is 14.6 Å². The first kappa shape index (κ1) is 19.6. The summed E-state index contributed by atoms with van der Waals surface area (Å²) < 4.78 is 12.2. The molecule has 0 aliphatic rings. The Kier molecular flexibility index (Phi) is 5.45. The minimum absolute atomic E-state index is 0.253. The van der Waals surface area contributed by atoms with Crippen molar-refractivity contribution in [1.29, 1.82) is 0 Å². The minimum Gasteiger partial charge on any atom is -0.497 e. The summed E-state index contributed by atoms with van der Waals surface area (Å²) in [6, 6.07) is 17.1. The smallest absolute Gasteiger partial charge is 0.259 e. The fourth-order valence-electron chi connectivity index (χ4n) is 3.37. The van der Waals surface area contributed by atoms with E-state index in [1.807, 2.05) is 37.3 Å². The third-order valence-corrected chi connectivity index (χ3v) is 4.89. The third-order valence-electron chi connectivity index (χ3n) is 4.89. The second-order valence-electron chi connectivity index (χ2n) is 6.80. The van der Waals surface area contributed by atoms with E-state index < -0.39 is 0 Å². The van der Waals surface area contributed by atoms with Crippen LogP contribution in [0, 0.1) is 6.92 Å². The lowest BCUT2D eigenvalue weighted by Crippen LogP contribution is -2.16. The molecule has 0 aliphatic heterocycles. The average Bonchev–Trinajstić information content (AvgIpc) is 3.14. The molecule has 0 fully saturated rings. The molecular formula is C23H22N4O3. The number of fused-ring (bicyclic) bond motifs is 1. The Labute approximate surface area is 174 Å². The lowest BCUT2D eigenvalue weighted by molar-refractivity contribution is 0.102. The van der Waals surface area contributed by atoms with Crippen molar-refractivity contribution in [3.05, 3.63) is 77.7 Å². The molecule has 0 unspecified atom stereocenters. The van der Waals surface area contributed by atoms with Crippen LogP contribution in [-0.2, 0) is 11.3 Å². The van der Waals surface area contributed by atoms with Crippen molar-refractivity contribution >= 4 is 17.2 Å². The maximum Gasteiger partial charge on any atom is 0.259 e. The highest BCUT2D eigenvalue weighted by atomic mass is 16.5. The van der Waals surface area contributed by atoms with Crippen LogP contribution in [0.1, 0.15) is 21.7 Å². The number of carbonyl (C=O) groups is 1. The third kappa shape index (κ3) is 3.62. The highest BCUT2D eigenvalue weighted by Crippen LogP contribution is 2.29. The van der Waals surface area contributed by atoms with Gasteiger partial charge in [0.2, 0.25) is 0 Å². The highest BCUT2D eigenvalue weighted by Gasteiger charge is 2.20. The number of benzene rings is 2. The fraction of sp³-hybridized carbons (Fsp3) is 0.174. The van der Waals surface area contributed by atoms with Crippen molar-refractivity contribution < 1.29 is 14.3 Å². The van der Waals surface area contributed by atoms with Gasteiger partial charge in [-0.2, -0.15) is 5.10 Å². The second-order valence-corrected chi connectivity index (χ2v) is 6.80. The summed E-state index contributed by atoms with van der Waals surface area (Å²) in [5.41, 5.74) is 5.18. The summed E-state index contributed by atoms with van der Waals surface area (Å²) in [6.07, 6.45) is 1.59. The number of aryl methyl sites for hydroxylation is 1. The average molecular weight is 402 g/mol. The summed E-state index contributed by atoms with van der Waals surface area (Å²) >= 11 is 0. The quantitative estimate of drug-likeness (QED) is 0.525. The summed E-state index contributed by atoms with van der Waals surface area (Å²) in [7, 11) is 3.23. The topological polar surface area (TPSA) is 77.8 Å². The molecule has 0 atom stereocenters. The van der Waals surface area contributed by atoms with E-state index in [4.69, 9.17) is 9.47 Å². The SMILES string of the molecule is COCc1nn2c(C)c(C(=O)Nc3ccc(OC)cc3)cnc2c1-c1ccccc1. The molecule has 2 aromatic carbocycles. The highest BCUT2D eigenvalue weighted by molar-refractivity contribution is 6.05. The van der Waals surface area contributed by atoms with Gasteiger partial charge in [0.05, 0.1) is 36.2 Å².